The predicted octanol–water partition coefficient (Wildman–Crippen LogP) is 4.29. The highest BCUT2D eigenvalue weighted by Crippen LogP contribution is 2.31. The standard InChI is InChI=1S/C18H28O4P/c1-13(16(19)22-18(5,6)7)12-23(20)15-11-9-8-10-14(15)21-17(2,3)4/h8-11,13H,12H2,1-7H3/q+1. The molecule has 23 heavy (non-hydrogen) atoms. The minimum absolute atomic E-state index is 0.245. The van der Waals surface area contributed by atoms with E-state index in [4.69, 9.17) is 9.47 Å². The van der Waals surface area contributed by atoms with Gasteiger partial charge in [0.15, 0.2) is 11.9 Å². The van der Waals surface area contributed by atoms with Crippen LogP contribution in [0.15, 0.2) is 24.3 Å². The Hall–Kier alpha value is -1.41. The Balaban J connectivity index is 2.84. The summed E-state index contributed by atoms with van der Waals surface area (Å²) in [6.07, 6.45) is 0.245. The highest BCUT2D eigenvalue weighted by Gasteiger charge is 2.33. The zero-order valence-corrected chi connectivity index (χ0v) is 16.1. The highest BCUT2D eigenvalue weighted by molar-refractivity contribution is 7.53. The molecule has 0 fully saturated rings. The summed E-state index contributed by atoms with van der Waals surface area (Å²) in [6, 6.07) is 7.29. The average molecular weight is 339 g/mol. The number of ether oxygens (including phenoxy) is 2. The van der Waals surface area contributed by atoms with E-state index in [1.165, 1.54) is 0 Å². The molecule has 0 spiro atoms. The van der Waals surface area contributed by atoms with Crippen LogP contribution in [0.5, 0.6) is 5.75 Å². The summed E-state index contributed by atoms with van der Waals surface area (Å²) >= 11 is 0. The van der Waals surface area contributed by atoms with E-state index in [9.17, 15) is 9.36 Å². The van der Waals surface area contributed by atoms with Crippen molar-refractivity contribution in [2.75, 3.05) is 6.16 Å². The Morgan fingerprint density at radius 3 is 2.17 bits per heavy atom. The number of hydrogen-bond donors (Lipinski definition) is 0. The Labute approximate surface area is 140 Å². The van der Waals surface area contributed by atoms with Gasteiger partial charge in [-0.05, 0) is 60.6 Å². The van der Waals surface area contributed by atoms with Crippen LogP contribution in [0.3, 0.4) is 0 Å². The van der Waals surface area contributed by atoms with Gasteiger partial charge in [0.1, 0.15) is 11.2 Å². The zero-order chi connectivity index (χ0) is 17.8. The van der Waals surface area contributed by atoms with Crippen molar-refractivity contribution in [3.63, 3.8) is 0 Å². The normalized spacial score (nSPS) is 14.1. The van der Waals surface area contributed by atoms with Crippen molar-refractivity contribution in [1.29, 1.82) is 0 Å². The second-order valence-electron chi connectivity index (χ2n) is 7.68. The molecule has 0 aromatic heterocycles. The van der Waals surface area contributed by atoms with Gasteiger partial charge in [0, 0.05) is 0 Å². The van der Waals surface area contributed by atoms with E-state index in [1.807, 2.05) is 59.7 Å². The summed E-state index contributed by atoms with van der Waals surface area (Å²) in [5.74, 6) is -0.145. The molecule has 0 saturated carbocycles. The first-order valence-electron chi connectivity index (χ1n) is 7.84. The number of para-hydroxylation sites is 1. The molecule has 0 heterocycles. The van der Waals surface area contributed by atoms with Gasteiger partial charge in [-0.2, -0.15) is 0 Å². The topological polar surface area (TPSA) is 52.6 Å². The molecular formula is C18H28O4P+. The summed E-state index contributed by atoms with van der Waals surface area (Å²) in [6.45, 7) is 13.0. The van der Waals surface area contributed by atoms with Crippen molar-refractivity contribution < 1.29 is 18.8 Å². The maximum absolute atomic E-state index is 12.7. The first-order valence-corrected chi connectivity index (χ1v) is 9.29. The van der Waals surface area contributed by atoms with Crippen LogP contribution in [0, 0.1) is 5.92 Å². The summed E-state index contributed by atoms with van der Waals surface area (Å²) in [5, 5.41) is 0.646. The summed E-state index contributed by atoms with van der Waals surface area (Å²) in [5.41, 5.74) is -0.909. The zero-order valence-electron chi connectivity index (χ0n) is 15.2. The molecule has 0 bridgehead atoms. The maximum atomic E-state index is 12.7. The molecule has 4 nitrogen and oxygen atoms in total. The molecular weight excluding hydrogens is 311 g/mol. The predicted molar refractivity (Wildman–Crippen MR) is 93.9 cm³/mol. The van der Waals surface area contributed by atoms with E-state index >= 15 is 0 Å². The van der Waals surface area contributed by atoms with E-state index in [-0.39, 0.29) is 17.7 Å². The average Bonchev–Trinajstić information content (AvgIpc) is 2.35. The number of rotatable bonds is 5. The first kappa shape index (κ1) is 19.6. The molecule has 5 heteroatoms. The van der Waals surface area contributed by atoms with Crippen LogP contribution in [0.1, 0.15) is 48.5 Å². The third kappa shape index (κ3) is 7.13. The van der Waals surface area contributed by atoms with Crippen molar-refractivity contribution in [3.05, 3.63) is 24.3 Å². The lowest BCUT2D eigenvalue weighted by atomic mass is 10.1. The smallest absolute Gasteiger partial charge is 0.381 e. The fraction of sp³-hybridized carbons (Fsp3) is 0.611. The van der Waals surface area contributed by atoms with Crippen LogP contribution >= 0.6 is 7.80 Å². The molecule has 1 rings (SSSR count). The minimum atomic E-state index is -1.74. The number of benzene rings is 1. The Morgan fingerprint density at radius 2 is 1.65 bits per heavy atom. The van der Waals surface area contributed by atoms with E-state index in [1.54, 1.807) is 13.0 Å². The second-order valence-corrected chi connectivity index (χ2v) is 9.28. The fourth-order valence-corrected chi connectivity index (χ4v) is 3.36. The molecule has 0 N–H and O–H groups in total. The third-order valence-corrected chi connectivity index (χ3v) is 4.59. The molecule has 0 aliphatic rings. The Bertz CT molecular complexity index is 567. The summed E-state index contributed by atoms with van der Waals surface area (Å²) < 4.78 is 23.9. The third-order valence-electron chi connectivity index (χ3n) is 2.80. The number of carbonyl (C=O) groups excluding carboxylic acids is 1. The van der Waals surface area contributed by atoms with Crippen molar-refractivity contribution in [3.8, 4) is 5.75 Å². The molecule has 0 radical (unpaired) electrons. The van der Waals surface area contributed by atoms with Gasteiger partial charge in [-0.25, -0.2) is 0 Å². The summed E-state index contributed by atoms with van der Waals surface area (Å²) in [4.78, 5) is 12.1. The Morgan fingerprint density at radius 1 is 1.09 bits per heavy atom. The van der Waals surface area contributed by atoms with Crippen molar-refractivity contribution >= 4 is 19.1 Å². The van der Waals surface area contributed by atoms with Crippen LogP contribution in [0.25, 0.3) is 0 Å². The van der Waals surface area contributed by atoms with Gasteiger partial charge in [-0.15, -0.1) is 0 Å². The monoisotopic (exact) mass is 339 g/mol. The first-order chi connectivity index (χ1) is 10.4. The van der Waals surface area contributed by atoms with Gasteiger partial charge < -0.3 is 9.47 Å². The second kappa shape index (κ2) is 7.44. The molecule has 0 aliphatic carbocycles. The van der Waals surface area contributed by atoms with Crippen molar-refractivity contribution in [1.82, 2.24) is 0 Å². The molecule has 0 amide bonds. The van der Waals surface area contributed by atoms with Gasteiger partial charge in [0.2, 0.25) is 5.30 Å². The molecule has 2 atom stereocenters. The van der Waals surface area contributed by atoms with E-state index in [0.717, 1.165) is 0 Å². The lowest BCUT2D eigenvalue weighted by Crippen LogP contribution is -2.29. The van der Waals surface area contributed by atoms with Gasteiger partial charge in [-0.3, -0.25) is 4.79 Å². The molecule has 1 aromatic rings. The fourth-order valence-electron chi connectivity index (χ4n) is 1.90. The van der Waals surface area contributed by atoms with Gasteiger partial charge in [0.25, 0.3) is 0 Å². The number of esters is 1. The summed E-state index contributed by atoms with van der Waals surface area (Å²) in [7, 11) is -1.74. The van der Waals surface area contributed by atoms with Crippen LogP contribution in [0.4, 0.5) is 0 Å². The molecule has 2 unspecified atom stereocenters. The van der Waals surface area contributed by atoms with Crippen LogP contribution in [-0.2, 0) is 14.1 Å². The van der Waals surface area contributed by atoms with Gasteiger partial charge in [-0.1, -0.05) is 16.7 Å². The molecule has 0 saturated heterocycles. The van der Waals surface area contributed by atoms with E-state index in [2.05, 4.69) is 0 Å². The number of hydrogen-bond acceptors (Lipinski definition) is 4. The maximum Gasteiger partial charge on any atom is 0.381 e. The van der Waals surface area contributed by atoms with E-state index in [0.29, 0.717) is 11.1 Å². The lowest BCUT2D eigenvalue weighted by Gasteiger charge is -2.21. The van der Waals surface area contributed by atoms with E-state index < -0.39 is 19.3 Å². The lowest BCUT2D eigenvalue weighted by molar-refractivity contribution is -0.158. The van der Waals surface area contributed by atoms with Crippen molar-refractivity contribution in [2.45, 2.75) is 59.7 Å². The van der Waals surface area contributed by atoms with Gasteiger partial charge >= 0.3 is 13.8 Å². The number of carbonyl (C=O) groups is 1. The van der Waals surface area contributed by atoms with Gasteiger partial charge in [0.05, 0.1) is 5.92 Å². The van der Waals surface area contributed by atoms with Crippen LogP contribution in [-0.4, -0.2) is 23.3 Å². The van der Waals surface area contributed by atoms with Crippen molar-refractivity contribution in [2.24, 2.45) is 5.92 Å². The van der Waals surface area contributed by atoms with Crippen LogP contribution < -0.4 is 10.0 Å². The Kier molecular flexibility index (Phi) is 6.35. The largest absolute Gasteiger partial charge is 0.483 e. The quantitative estimate of drug-likeness (QED) is 0.593. The molecule has 0 aliphatic heterocycles. The molecule has 1 aromatic carbocycles. The highest BCUT2D eigenvalue weighted by atomic mass is 31.1. The minimum Gasteiger partial charge on any atom is -0.483 e. The SMILES string of the molecule is CC(C[P+](=O)c1ccccc1OC(C)(C)C)C(=O)OC(C)(C)C. The molecule has 128 valence electrons. The van der Waals surface area contributed by atoms with Crippen LogP contribution in [0.2, 0.25) is 0 Å².